The fraction of sp³-hybridized carbons (Fsp3) is 0.100. The third kappa shape index (κ3) is 5.94. The van der Waals surface area contributed by atoms with E-state index in [1.54, 1.807) is 0 Å². The zero-order chi connectivity index (χ0) is 23.5. The van der Waals surface area contributed by atoms with Crippen LogP contribution in [0.2, 0.25) is 0 Å². The Bertz CT molecular complexity index is 1260. The van der Waals surface area contributed by atoms with Crippen molar-refractivity contribution in [3.63, 3.8) is 0 Å². The van der Waals surface area contributed by atoms with Crippen LogP contribution in [0, 0.1) is 5.82 Å². The van der Waals surface area contributed by atoms with E-state index in [9.17, 15) is 30.8 Å². The quantitative estimate of drug-likeness (QED) is 0.459. The first kappa shape index (κ1) is 23.0. The number of sulfonamides is 1. The molecule has 1 amide bonds. The Kier molecular flexibility index (Phi) is 6.35. The molecule has 0 aliphatic heterocycles. The number of benzene rings is 2. The van der Waals surface area contributed by atoms with Gasteiger partial charge in [-0.25, -0.2) is 17.8 Å². The molecule has 3 aromatic rings. The van der Waals surface area contributed by atoms with Gasteiger partial charge in [-0.15, -0.1) is 0 Å². The molecule has 0 aliphatic carbocycles. The van der Waals surface area contributed by atoms with Gasteiger partial charge in [0.25, 0.3) is 5.91 Å². The van der Waals surface area contributed by atoms with Crippen LogP contribution in [0.4, 0.5) is 40.4 Å². The number of nitrogens with zero attached hydrogens (tertiary/aromatic N) is 1. The summed E-state index contributed by atoms with van der Waals surface area (Å²) in [6, 6.07) is 10.5. The van der Waals surface area contributed by atoms with Crippen molar-refractivity contribution >= 4 is 38.8 Å². The van der Waals surface area contributed by atoms with Crippen molar-refractivity contribution in [3.05, 3.63) is 77.7 Å². The van der Waals surface area contributed by atoms with Crippen LogP contribution in [-0.2, 0) is 16.2 Å². The van der Waals surface area contributed by atoms with Gasteiger partial charge >= 0.3 is 6.18 Å². The molecule has 0 atom stereocenters. The van der Waals surface area contributed by atoms with Crippen LogP contribution in [0.15, 0.2) is 60.8 Å². The molecular formula is C20H16F4N4O3S. The van der Waals surface area contributed by atoms with Gasteiger partial charge in [0, 0.05) is 17.6 Å². The fourth-order valence-electron chi connectivity index (χ4n) is 2.68. The number of aromatic nitrogens is 1. The molecule has 0 fully saturated rings. The number of pyridine rings is 1. The largest absolute Gasteiger partial charge is 0.416 e. The van der Waals surface area contributed by atoms with Gasteiger partial charge in [0.05, 0.1) is 23.1 Å². The molecule has 32 heavy (non-hydrogen) atoms. The number of carbonyl (C=O) groups is 1. The monoisotopic (exact) mass is 468 g/mol. The summed E-state index contributed by atoms with van der Waals surface area (Å²) in [6.45, 7) is 0. The number of hydrogen-bond donors (Lipinski definition) is 3. The minimum absolute atomic E-state index is 0.00754. The first-order valence-electron chi connectivity index (χ1n) is 8.90. The summed E-state index contributed by atoms with van der Waals surface area (Å²) in [5.41, 5.74) is -1.10. The van der Waals surface area contributed by atoms with Gasteiger partial charge in [-0.05, 0) is 48.5 Å². The van der Waals surface area contributed by atoms with Crippen LogP contribution in [0.3, 0.4) is 0 Å². The van der Waals surface area contributed by atoms with E-state index in [1.807, 2.05) is 4.72 Å². The van der Waals surface area contributed by atoms with E-state index < -0.39 is 33.5 Å². The molecule has 12 heteroatoms. The van der Waals surface area contributed by atoms with Crippen molar-refractivity contribution in [3.8, 4) is 0 Å². The van der Waals surface area contributed by atoms with Crippen molar-refractivity contribution in [2.24, 2.45) is 0 Å². The lowest BCUT2D eigenvalue weighted by molar-refractivity contribution is -0.137. The van der Waals surface area contributed by atoms with Gasteiger partial charge in [0.2, 0.25) is 10.0 Å². The lowest BCUT2D eigenvalue weighted by Gasteiger charge is -2.13. The molecule has 7 nitrogen and oxygen atoms in total. The average molecular weight is 468 g/mol. The first-order valence-corrected chi connectivity index (χ1v) is 10.8. The molecule has 1 heterocycles. The third-order valence-corrected chi connectivity index (χ3v) is 4.62. The van der Waals surface area contributed by atoms with Gasteiger partial charge < -0.3 is 10.6 Å². The number of rotatable bonds is 6. The standard InChI is InChI=1S/C20H16F4N4O3S/c1-32(30,31)28-17-11-14(7-8-16(17)21)27-19(29)15-6-3-9-25-18(15)26-13-5-2-4-12(10-13)20(22,23)24/h2-11,28H,1H3,(H,25,26)(H,27,29). The zero-order valence-electron chi connectivity index (χ0n) is 16.4. The summed E-state index contributed by atoms with van der Waals surface area (Å²) in [5, 5.41) is 5.15. The Labute approximate surface area is 180 Å². The highest BCUT2D eigenvalue weighted by atomic mass is 32.2. The van der Waals surface area contributed by atoms with Gasteiger partial charge in [-0.1, -0.05) is 6.07 Å². The van der Waals surface area contributed by atoms with E-state index in [4.69, 9.17) is 0 Å². The molecule has 3 N–H and O–H groups in total. The van der Waals surface area contributed by atoms with E-state index in [1.165, 1.54) is 36.5 Å². The maximum atomic E-state index is 13.8. The predicted molar refractivity (Wildman–Crippen MR) is 112 cm³/mol. The number of alkyl halides is 3. The topological polar surface area (TPSA) is 100 Å². The Hall–Kier alpha value is -3.67. The molecular weight excluding hydrogens is 452 g/mol. The third-order valence-electron chi connectivity index (χ3n) is 4.02. The number of anilines is 4. The maximum absolute atomic E-state index is 13.8. The highest BCUT2D eigenvalue weighted by Gasteiger charge is 2.30. The molecule has 0 unspecified atom stereocenters. The van der Waals surface area contributed by atoms with Crippen molar-refractivity contribution in [2.45, 2.75) is 6.18 Å². The van der Waals surface area contributed by atoms with Gasteiger partial charge in [-0.3, -0.25) is 9.52 Å². The van der Waals surface area contributed by atoms with Crippen LogP contribution < -0.4 is 15.4 Å². The summed E-state index contributed by atoms with van der Waals surface area (Å²) in [6.07, 6.45) is -2.35. The molecule has 0 saturated carbocycles. The van der Waals surface area contributed by atoms with Crippen LogP contribution in [0.1, 0.15) is 15.9 Å². The normalized spacial score (nSPS) is 11.7. The minimum Gasteiger partial charge on any atom is -0.340 e. The van der Waals surface area contributed by atoms with Gasteiger partial charge in [-0.2, -0.15) is 13.2 Å². The zero-order valence-corrected chi connectivity index (χ0v) is 17.2. The predicted octanol–water partition coefficient (Wildman–Crippen LogP) is 4.61. The van der Waals surface area contributed by atoms with Gasteiger partial charge in [0.1, 0.15) is 11.6 Å². The van der Waals surface area contributed by atoms with E-state index in [0.717, 1.165) is 30.5 Å². The Morgan fingerprint density at radius 3 is 2.44 bits per heavy atom. The second-order valence-electron chi connectivity index (χ2n) is 6.63. The first-order chi connectivity index (χ1) is 14.9. The van der Waals surface area contributed by atoms with Crippen LogP contribution in [0.25, 0.3) is 0 Å². The molecule has 0 radical (unpaired) electrons. The fourth-order valence-corrected chi connectivity index (χ4v) is 3.23. The lowest BCUT2D eigenvalue weighted by atomic mass is 10.1. The number of nitrogens with one attached hydrogen (secondary N) is 3. The van der Waals surface area contributed by atoms with E-state index in [0.29, 0.717) is 0 Å². The van der Waals surface area contributed by atoms with Crippen LogP contribution >= 0.6 is 0 Å². The molecule has 0 saturated heterocycles. The number of carbonyl (C=O) groups excluding carboxylic acids is 1. The molecule has 0 aliphatic rings. The highest BCUT2D eigenvalue weighted by Crippen LogP contribution is 2.31. The Morgan fingerprint density at radius 1 is 1.00 bits per heavy atom. The highest BCUT2D eigenvalue weighted by molar-refractivity contribution is 7.92. The summed E-state index contributed by atoms with van der Waals surface area (Å²) >= 11 is 0. The number of halogens is 4. The summed E-state index contributed by atoms with van der Waals surface area (Å²) < 4.78 is 77.4. The second kappa shape index (κ2) is 8.83. The van der Waals surface area contributed by atoms with Crippen molar-refractivity contribution in [1.82, 2.24) is 4.98 Å². The summed E-state index contributed by atoms with van der Waals surface area (Å²) in [7, 11) is -3.76. The van der Waals surface area contributed by atoms with E-state index in [2.05, 4.69) is 15.6 Å². The van der Waals surface area contributed by atoms with Crippen LogP contribution in [-0.4, -0.2) is 25.6 Å². The minimum atomic E-state index is -4.54. The smallest absolute Gasteiger partial charge is 0.340 e. The molecule has 2 aromatic carbocycles. The Balaban J connectivity index is 1.85. The summed E-state index contributed by atoms with van der Waals surface area (Å²) in [5.74, 6) is -1.56. The second-order valence-corrected chi connectivity index (χ2v) is 8.37. The molecule has 0 bridgehead atoms. The number of hydrogen-bond acceptors (Lipinski definition) is 5. The summed E-state index contributed by atoms with van der Waals surface area (Å²) in [4.78, 5) is 16.7. The molecule has 0 spiro atoms. The maximum Gasteiger partial charge on any atom is 0.416 e. The van der Waals surface area contributed by atoms with Crippen molar-refractivity contribution in [1.29, 1.82) is 0 Å². The molecule has 168 valence electrons. The lowest BCUT2D eigenvalue weighted by Crippen LogP contribution is -2.16. The van der Waals surface area contributed by atoms with Crippen LogP contribution in [0.5, 0.6) is 0 Å². The molecule has 1 aromatic heterocycles. The average Bonchev–Trinajstić information content (AvgIpc) is 2.69. The van der Waals surface area contributed by atoms with Gasteiger partial charge in [0.15, 0.2) is 0 Å². The van der Waals surface area contributed by atoms with E-state index >= 15 is 0 Å². The Morgan fingerprint density at radius 2 is 1.75 bits per heavy atom. The molecule has 3 rings (SSSR count). The number of amides is 1. The van der Waals surface area contributed by atoms with E-state index in [-0.39, 0.29) is 28.4 Å². The SMILES string of the molecule is CS(=O)(=O)Nc1cc(NC(=O)c2cccnc2Nc2cccc(C(F)(F)F)c2)ccc1F. The van der Waals surface area contributed by atoms with Crippen molar-refractivity contribution in [2.75, 3.05) is 21.6 Å². The van der Waals surface area contributed by atoms with Crippen molar-refractivity contribution < 1.29 is 30.8 Å².